The van der Waals surface area contributed by atoms with E-state index in [1.165, 1.54) is 12.1 Å². The van der Waals surface area contributed by atoms with Crippen molar-refractivity contribution in [3.63, 3.8) is 0 Å². The second kappa shape index (κ2) is 6.91. The lowest BCUT2D eigenvalue weighted by Gasteiger charge is -2.26. The Labute approximate surface area is 149 Å². The lowest BCUT2D eigenvalue weighted by molar-refractivity contribution is 0.0109. The van der Waals surface area contributed by atoms with E-state index < -0.39 is 22.1 Å². The molecule has 3 rings (SSSR count). The van der Waals surface area contributed by atoms with Gasteiger partial charge in [0.25, 0.3) is 0 Å². The number of carbonyl (C=O) groups excluding carboxylic acids is 1. The molecule has 1 heterocycles. The van der Waals surface area contributed by atoms with Crippen LogP contribution in [0.5, 0.6) is 11.5 Å². The van der Waals surface area contributed by atoms with Crippen LogP contribution in [0.2, 0.25) is 5.02 Å². The fourth-order valence-electron chi connectivity index (χ4n) is 2.23. The Kier molecular flexibility index (Phi) is 4.85. The first-order valence-corrected chi connectivity index (χ1v) is 9.15. The molecule has 9 heteroatoms. The van der Waals surface area contributed by atoms with Crippen molar-refractivity contribution in [2.45, 2.75) is 11.0 Å². The van der Waals surface area contributed by atoms with Gasteiger partial charge >= 0.3 is 5.97 Å². The van der Waals surface area contributed by atoms with E-state index in [4.69, 9.17) is 31.0 Å². The third-order valence-electron chi connectivity index (χ3n) is 3.45. The molecule has 25 heavy (non-hydrogen) atoms. The number of sulfonamides is 1. The third kappa shape index (κ3) is 4.04. The van der Waals surface area contributed by atoms with Crippen molar-refractivity contribution in [1.82, 2.24) is 0 Å². The summed E-state index contributed by atoms with van der Waals surface area (Å²) in [7, 11) is -3.96. The molecule has 132 valence electrons. The molecule has 0 fully saturated rings. The quantitative estimate of drug-likeness (QED) is 0.809. The van der Waals surface area contributed by atoms with E-state index >= 15 is 0 Å². The molecule has 0 amide bonds. The van der Waals surface area contributed by atoms with E-state index in [0.29, 0.717) is 11.5 Å². The molecule has 1 unspecified atom stereocenters. The Balaban J connectivity index is 1.68. The molecule has 0 aromatic heterocycles. The predicted molar refractivity (Wildman–Crippen MR) is 89.5 cm³/mol. The number of ether oxygens (including phenoxy) is 3. The van der Waals surface area contributed by atoms with Gasteiger partial charge in [-0.1, -0.05) is 23.7 Å². The van der Waals surface area contributed by atoms with Gasteiger partial charge in [0, 0.05) is 0 Å². The molecule has 7 nitrogen and oxygen atoms in total. The summed E-state index contributed by atoms with van der Waals surface area (Å²) in [6.45, 7) is 0.137. The number of rotatable bonds is 4. The van der Waals surface area contributed by atoms with Gasteiger partial charge in [-0.3, -0.25) is 0 Å². The van der Waals surface area contributed by atoms with Gasteiger partial charge in [-0.2, -0.15) is 0 Å². The fraction of sp³-hybridized carbons (Fsp3) is 0.188. The van der Waals surface area contributed by atoms with Crippen molar-refractivity contribution < 1.29 is 27.4 Å². The topological polar surface area (TPSA) is 105 Å². The first kappa shape index (κ1) is 17.5. The van der Waals surface area contributed by atoms with Crippen LogP contribution in [0.25, 0.3) is 0 Å². The van der Waals surface area contributed by atoms with Gasteiger partial charge in [0.2, 0.25) is 10.0 Å². The van der Waals surface area contributed by atoms with E-state index in [2.05, 4.69) is 0 Å². The maximum atomic E-state index is 12.2. The lowest BCUT2D eigenvalue weighted by atomic mass is 10.2. The van der Waals surface area contributed by atoms with Gasteiger partial charge in [-0.05, 0) is 30.3 Å². The molecule has 1 aliphatic rings. The zero-order valence-corrected chi connectivity index (χ0v) is 14.4. The number of carbonyl (C=O) groups is 1. The number of esters is 1. The third-order valence-corrected chi connectivity index (χ3v) is 4.69. The number of hydrogen-bond donors (Lipinski definition) is 1. The first-order valence-electron chi connectivity index (χ1n) is 7.22. The van der Waals surface area contributed by atoms with Gasteiger partial charge in [-0.25, -0.2) is 18.4 Å². The summed E-state index contributed by atoms with van der Waals surface area (Å²) in [5.41, 5.74) is -0.0923. The number of nitrogens with two attached hydrogens (primary N) is 1. The van der Waals surface area contributed by atoms with E-state index in [-0.39, 0.29) is 28.7 Å². The Morgan fingerprint density at radius 1 is 1.24 bits per heavy atom. The normalized spacial score (nSPS) is 16.3. The molecule has 1 aliphatic heterocycles. The number of hydrogen-bond acceptors (Lipinski definition) is 6. The number of fused-ring (bicyclic) bond motifs is 1. The van der Waals surface area contributed by atoms with Gasteiger partial charge in [0.05, 0.1) is 15.5 Å². The predicted octanol–water partition coefficient (Wildman–Crippen LogP) is 1.98. The summed E-state index contributed by atoms with van der Waals surface area (Å²) in [6, 6.07) is 10.7. The maximum Gasteiger partial charge on any atom is 0.339 e. The average Bonchev–Trinajstić information content (AvgIpc) is 2.59. The van der Waals surface area contributed by atoms with Crippen molar-refractivity contribution in [2.24, 2.45) is 5.14 Å². The Morgan fingerprint density at radius 3 is 2.68 bits per heavy atom. The standard InChI is InChI=1S/C16H14ClNO6S/c17-13-6-5-11(25(18,20)21)7-12(13)16(19)23-9-10-8-22-14-3-1-2-4-15(14)24-10/h1-7,10H,8-9H2,(H2,18,20,21). The zero-order valence-electron chi connectivity index (χ0n) is 12.8. The Hall–Kier alpha value is -2.29. The minimum atomic E-state index is -3.96. The van der Waals surface area contributed by atoms with Crippen LogP contribution in [0, 0.1) is 0 Å². The smallest absolute Gasteiger partial charge is 0.339 e. The molecule has 1 atom stereocenters. The lowest BCUT2D eigenvalue weighted by Crippen LogP contribution is -2.34. The minimum Gasteiger partial charge on any atom is -0.486 e. The van der Waals surface area contributed by atoms with Gasteiger partial charge in [0.15, 0.2) is 17.6 Å². The van der Waals surface area contributed by atoms with Gasteiger partial charge < -0.3 is 14.2 Å². The molecule has 0 aliphatic carbocycles. The van der Waals surface area contributed by atoms with Crippen molar-refractivity contribution in [3.8, 4) is 11.5 Å². The molecule has 0 spiro atoms. The summed E-state index contributed by atoms with van der Waals surface area (Å²) >= 11 is 5.94. The van der Waals surface area contributed by atoms with Crippen molar-refractivity contribution >= 4 is 27.6 Å². The van der Waals surface area contributed by atoms with Crippen molar-refractivity contribution in [1.29, 1.82) is 0 Å². The van der Waals surface area contributed by atoms with Crippen molar-refractivity contribution in [3.05, 3.63) is 53.1 Å². The summed E-state index contributed by atoms with van der Waals surface area (Å²) in [6.07, 6.45) is -0.487. The molecular formula is C16H14ClNO6S. The van der Waals surface area contributed by atoms with Crippen LogP contribution in [-0.4, -0.2) is 33.7 Å². The van der Waals surface area contributed by atoms with E-state index in [9.17, 15) is 13.2 Å². The van der Waals surface area contributed by atoms with Crippen LogP contribution < -0.4 is 14.6 Å². The largest absolute Gasteiger partial charge is 0.486 e. The number of primary sulfonamides is 1. The SMILES string of the molecule is NS(=O)(=O)c1ccc(Cl)c(C(=O)OCC2COc3ccccc3O2)c1. The molecule has 2 aromatic rings. The Morgan fingerprint density at radius 2 is 1.96 bits per heavy atom. The monoisotopic (exact) mass is 383 g/mol. The van der Waals surface area contributed by atoms with E-state index in [0.717, 1.165) is 6.07 Å². The van der Waals surface area contributed by atoms with Crippen LogP contribution in [0.1, 0.15) is 10.4 Å². The molecule has 0 radical (unpaired) electrons. The van der Waals surface area contributed by atoms with Crippen molar-refractivity contribution in [2.75, 3.05) is 13.2 Å². The second-order valence-corrected chi connectivity index (χ2v) is 7.25. The fourth-order valence-corrected chi connectivity index (χ4v) is 2.96. The molecule has 0 saturated heterocycles. The van der Waals surface area contributed by atoms with Crippen LogP contribution >= 0.6 is 11.6 Å². The highest BCUT2D eigenvalue weighted by atomic mass is 35.5. The van der Waals surface area contributed by atoms with Gasteiger partial charge in [-0.15, -0.1) is 0 Å². The second-order valence-electron chi connectivity index (χ2n) is 5.28. The van der Waals surface area contributed by atoms with Crippen LogP contribution in [0.4, 0.5) is 0 Å². The molecular weight excluding hydrogens is 370 g/mol. The molecule has 0 saturated carbocycles. The summed E-state index contributed by atoms with van der Waals surface area (Å²) in [4.78, 5) is 12.0. The van der Waals surface area contributed by atoms with Crippen LogP contribution in [-0.2, 0) is 14.8 Å². The zero-order chi connectivity index (χ0) is 18.0. The Bertz CT molecular complexity index is 915. The molecule has 2 N–H and O–H groups in total. The van der Waals surface area contributed by atoms with Gasteiger partial charge in [0.1, 0.15) is 13.2 Å². The molecule has 0 bridgehead atoms. The highest BCUT2D eigenvalue weighted by Crippen LogP contribution is 2.31. The van der Waals surface area contributed by atoms with E-state index in [1.807, 2.05) is 6.07 Å². The van der Waals surface area contributed by atoms with Crippen LogP contribution in [0.15, 0.2) is 47.4 Å². The number of benzene rings is 2. The maximum absolute atomic E-state index is 12.2. The minimum absolute atomic E-state index is 0.0589. The summed E-state index contributed by atoms with van der Waals surface area (Å²) in [5, 5.41) is 5.11. The number of para-hydroxylation sites is 2. The van der Waals surface area contributed by atoms with Crippen LogP contribution in [0.3, 0.4) is 0 Å². The summed E-state index contributed by atoms with van der Waals surface area (Å²) in [5.74, 6) is 0.399. The first-order chi connectivity index (χ1) is 11.8. The number of halogens is 1. The summed E-state index contributed by atoms with van der Waals surface area (Å²) < 4.78 is 39.1. The average molecular weight is 384 g/mol. The highest BCUT2D eigenvalue weighted by molar-refractivity contribution is 7.89. The van der Waals surface area contributed by atoms with E-state index in [1.54, 1.807) is 18.2 Å². The highest BCUT2D eigenvalue weighted by Gasteiger charge is 2.23. The molecule has 2 aromatic carbocycles.